The minimum absolute atomic E-state index is 0.208. The average molecular weight is 267 g/mol. The van der Waals surface area contributed by atoms with Crippen molar-refractivity contribution in [2.24, 2.45) is 0 Å². The molecule has 5 heteroatoms. The first-order valence-corrected chi connectivity index (χ1v) is 6.68. The zero-order valence-electron chi connectivity index (χ0n) is 8.72. The number of rotatable bonds is 3. The predicted molar refractivity (Wildman–Crippen MR) is 67.5 cm³/mol. The van der Waals surface area contributed by atoms with E-state index in [-0.39, 0.29) is 4.90 Å². The van der Waals surface area contributed by atoms with Gasteiger partial charge in [-0.15, -0.1) is 0 Å². The van der Waals surface area contributed by atoms with Crippen molar-refractivity contribution in [3.05, 3.63) is 59.6 Å². The van der Waals surface area contributed by atoms with Crippen LogP contribution in [0.1, 0.15) is 0 Å². The molecule has 87 valence electrons. The number of hydrogen-bond donors (Lipinski definition) is 1. The molecule has 0 aliphatic carbocycles. The van der Waals surface area contributed by atoms with Crippen LogP contribution in [0.4, 0.5) is 5.69 Å². The highest BCUT2D eigenvalue weighted by molar-refractivity contribution is 7.92. The Morgan fingerprint density at radius 1 is 1.12 bits per heavy atom. The Hall–Kier alpha value is -1.52. The van der Waals surface area contributed by atoms with E-state index in [4.69, 9.17) is 11.6 Å². The Kier molecular flexibility index (Phi) is 3.36. The molecule has 1 radical (unpaired) electrons. The molecule has 0 aliphatic rings. The fraction of sp³-hybridized carbons (Fsp3) is 0. The summed E-state index contributed by atoms with van der Waals surface area (Å²) in [6.07, 6.45) is 0. The van der Waals surface area contributed by atoms with Crippen LogP contribution in [-0.2, 0) is 10.0 Å². The van der Waals surface area contributed by atoms with Gasteiger partial charge in [-0.25, -0.2) is 8.42 Å². The van der Waals surface area contributed by atoms with Crippen LogP contribution < -0.4 is 4.72 Å². The van der Waals surface area contributed by atoms with Gasteiger partial charge in [0.1, 0.15) is 0 Å². The van der Waals surface area contributed by atoms with Gasteiger partial charge in [-0.05, 0) is 36.4 Å². The van der Waals surface area contributed by atoms with Gasteiger partial charge in [0.25, 0.3) is 10.0 Å². The smallest absolute Gasteiger partial charge is 0.261 e. The molecule has 17 heavy (non-hydrogen) atoms. The van der Waals surface area contributed by atoms with Crippen LogP contribution in [-0.4, -0.2) is 8.42 Å². The Balaban J connectivity index is 2.30. The summed E-state index contributed by atoms with van der Waals surface area (Å²) in [5.74, 6) is 0. The Labute approximate surface area is 105 Å². The minimum atomic E-state index is -3.56. The summed E-state index contributed by atoms with van der Waals surface area (Å²) in [6.45, 7) is 0. The molecule has 0 fully saturated rings. The Morgan fingerprint density at radius 3 is 2.47 bits per heavy atom. The largest absolute Gasteiger partial charge is 0.280 e. The van der Waals surface area contributed by atoms with Gasteiger partial charge >= 0.3 is 0 Å². The molecule has 0 atom stereocenters. The van der Waals surface area contributed by atoms with Crippen molar-refractivity contribution in [1.82, 2.24) is 0 Å². The van der Waals surface area contributed by atoms with Crippen molar-refractivity contribution in [3.63, 3.8) is 0 Å². The van der Waals surface area contributed by atoms with E-state index in [0.29, 0.717) is 10.7 Å². The lowest BCUT2D eigenvalue weighted by Crippen LogP contribution is -2.12. The van der Waals surface area contributed by atoms with Crippen molar-refractivity contribution in [2.45, 2.75) is 4.90 Å². The van der Waals surface area contributed by atoms with Gasteiger partial charge in [0, 0.05) is 5.02 Å². The normalized spacial score (nSPS) is 11.1. The average Bonchev–Trinajstić information content (AvgIpc) is 2.29. The van der Waals surface area contributed by atoms with Crippen molar-refractivity contribution in [3.8, 4) is 0 Å². The first kappa shape index (κ1) is 12.0. The predicted octanol–water partition coefficient (Wildman–Crippen LogP) is 2.94. The summed E-state index contributed by atoms with van der Waals surface area (Å²) < 4.78 is 26.3. The van der Waals surface area contributed by atoms with E-state index in [1.54, 1.807) is 24.3 Å². The van der Waals surface area contributed by atoms with Crippen LogP contribution >= 0.6 is 11.6 Å². The third-order valence-corrected chi connectivity index (χ3v) is 3.67. The quantitative estimate of drug-likeness (QED) is 0.928. The first-order valence-electron chi connectivity index (χ1n) is 4.82. The molecule has 0 amide bonds. The van der Waals surface area contributed by atoms with Crippen molar-refractivity contribution in [1.29, 1.82) is 0 Å². The molecule has 0 heterocycles. The van der Waals surface area contributed by atoms with Gasteiger partial charge in [-0.1, -0.05) is 29.8 Å². The van der Waals surface area contributed by atoms with Crippen LogP contribution in [0.25, 0.3) is 0 Å². The van der Waals surface area contributed by atoms with Crippen molar-refractivity contribution < 1.29 is 8.42 Å². The second kappa shape index (κ2) is 4.77. The number of sulfonamides is 1. The maximum atomic E-state index is 11.9. The molecule has 0 unspecified atom stereocenters. The van der Waals surface area contributed by atoms with E-state index < -0.39 is 10.0 Å². The molecular formula is C12H9ClNO2S. The number of halogens is 1. The maximum absolute atomic E-state index is 11.9. The lowest BCUT2D eigenvalue weighted by Gasteiger charge is -2.07. The van der Waals surface area contributed by atoms with Gasteiger partial charge in [0.2, 0.25) is 0 Å². The van der Waals surface area contributed by atoms with E-state index in [0.717, 1.165) is 0 Å². The molecular weight excluding hydrogens is 258 g/mol. The summed E-state index contributed by atoms with van der Waals surface area (Å²) in [5, 5.41) is 0.429. The lowest BCUT2D eigenvalue weighted by molar-refractivity contribution is 0.601. The molecule has 0 saturated heterocycles. The SMILES string of the molecule is O=S(=O)(Nc1c[c]cc(Cl)c1)c1ccccc1. The summed E-state index contributed by atoms with van der Waals surface area (Å²) in [6, 6.07) is 15.5. The van der Waals surface area contributed by atoms with Crippen LogP contribution in [0.3, 0.4) is 0 Å². The van der Waals surface area contributed by atoms with Gasteiger partial charge in [-0.3, -0.25) is 4.72 Å². The Morgan fingerprint density at radius 2 is 1.82 bits per heavy atom. The number of nitrogens with one attached hydrogen (secondary N) is 1. The van der Waals surface area contributed by atoms with Crippen LogP contribution in [0.5, 0.6) is 0 Å². The standard InChI is InChI=1S/C12H9ClNO2S/c13-10-5-4-6-11(9-10)14-17(15,16)12-7-2-1-3-8-12/h1-3,5-9,14H. The summed E-state index contributed by atoms with van der Waals surface area (Å²) >= 11 is 5.75. The second-order valence-electron chi connectivity index (χ2n) is 3.36. The zero-order valence-corrected chi connectivity index (χ0v) is 10.3. The molecule has 0 bridgehead atoms. The highest BCUT2D eigenvalue weighted by Gasteiger charge is 2.13. The lowest BCUT2D eigenvalue weighted by atomic mass is 10.3. The molecule has 0 spiro atoms. The number of anilines is 1. The maximum Gasteiger partial charge on any atom is 0.261 e. The van der Waals surface area contributed by atoms with Crippen molar-refractivity contribution >= 4 is 27.3 Å². The molecule has 2 aromatic carbocycles. The second-order valence-corrected chi connectivity index (χ2v) is 5.48. The molecule has 1 N–H and O–H groups in total. The molecule has 0 aliphatic heterocycles. The molecule has 0 aromatic heterocycles. The first-order chi connectivity index (χ1) is 8.08. The minimum Gasteiger partial charge on any atom is -0.280 e. The van der Waals surface area contributed by atoms with Gasteiger partial charge in [0.15, 0.2) is 0 Å². The topological polar surface area (TPSA) is 46.2 Å². The molecule has 0 saturated carbocycles. The number of hydrogen-bond acceptors (Lipinski definition) is 2. The highest BCUT2D eigenvalue weighted by Crippen LogP contribution is 2.18. The fourth-order valence-corrected chi connectivity index (χ4v) is 2.56. The van der Waals surface area contributed by atoms with E-state index in [1.807, 2.05) is 0 Å². The highest BCUT2D eigenvalue weighted by atomic mass is 35.5. The van der Waals surface area contributed by atoms with E-state index in [1.165, 1.54) is 24.3 Å². The van der Waals surface area contributed by atoms with Gasteiger partial charge in [0.05, 0.1) is 10.6 Å². The monoisotopic (exact) mass is 266 g/mol. The third-order valence-electron chi connectivity index (χ3n) is 2.06. The van der Waals surface area contributed by atoms with E-state index in [9.17, 15) is 8.42 Å². The molecule has 2 aromatic rings. The fourth-order valence-electron chi connectivity index (χ4n) is 1.32. The third kappa shape index (κ3) is 2.99. The molecule has 3 nitrogen and oxygen atoms in total. The summed E-state index contributed by atoms with van der Waals surface area (Å²) in [7, 11) is -3.56. The Bertz CT molecular complexity index is 611. The van der Waals surface area contributed by atoms with E-state index in [2.05, 4.69) is 10.8 Å². The summed E-state index contributed by atoms with van der Waals surface area (Å²) in [4.78, 5) is 0.208. The zero-order chi connectivity index (χ0) is 12.3. The number of benzene rings is 2. The van der Waals surface area contributed by atoms with Crippen LogP contribution in [0, 0.1) is 6.07 Å². The van der Waals surface area contributed by atoms with Gasteiger partial charge in [-0.2, -0.15) is 0 Å². The van der Waals surface area contributed by atoms with Crippen molar-refractivity contribution in [2.75, 3.05) is 4.72 Å². The summed E-state index contributed by atoms with van der Waals surface area (Å²) in [5.41, 5.74) is 0.390. The van der Waals surface area contributed by atoms with Crippen LogP contribution in [0.2, 0.25) is 5.02 Å². The van der Waals surface area contributed by atoms with E-state index >= 15 is 0 Å². The molecule has 2 rings (SSSR count). The van der Waals surface area contributed by atoms with Gasteiger partial charge < -0.3 is 0 Å². The van der Waals surface area contributed by atoms with Crippen LogP contribution in [0.15, 0.2) is 53.4 Å².